The second kappa shape index (κ2) is 7.01. The third-order valence-corrected chi connectivity index (χ3v) is 6.65. The molecule has 0 spiro atoms. The fourth-order valence-electron chi connectivity index (χ4n) is 3.81. The van der Waals surface area contributed by atoms with E-state index < -0.39 is 10.0 Å². The number of rotatable bonds is 5. The molecule has 138 valence electrons. The summed E-state index contributed by atoms with van der Waals surface area (Å²) >= 11 is 5.94. The van der Waals surface area contributed by atoms with Crippen LogP contribution >= 0.6 is 11.6 Å². The van der Waals surface area contributed by atoms with Crippen LogP contribution in [0.15, 0.2) is 53.6 Å². The van der Waals surface area contributed by atoms with Gasteiger partial charge in [-0.2, -0.15) is 5.26 Å². The summed E-state index contributed by atoms with van der Waals surface area (Å²) in [7, 11) is -3.65. The maximum Gasteiger partial charge on any atom is 0.240 e. The van der Waals surface area contributed by atoms with E-state index in [4.69, 9.17) is 16.9 Å². The van der Waals surface area contributed by atoms with Crippen LogP contribution in [0.25, 0.3) is 10.9 Å². The second-order valence-corrected chi connectivity index (χ2v) is 8.90. The number of nitrogens with one attached hydrogen (secondary N) is 1. The van der Waals surface area contributed by atoms with Crippen molar-refractivity contribution >= 4 is 32.5 Å². The van der Waals surface area contributed by atoms with Gasteiger partial charge < -0.3 is 4.57 Å². The highest BCUT2D eigenvalue weighted by molar-refractivity contribution is 7.89. The van der Waals surface area contributed by atoms with Gasteiger partial charge in [0, 0.05) is 34.7 Å². The summed E-state index contributed by atoms with van der Waals surface area (Å²) < 4.78 is 30.4. The Morgan fingerprint density at radius 2 is 1.96 bits per heavy atom. The molecule has 1 aliphatic rings. The first-order chi connectivity index (χ1) is 13.0. The Labute approximate surface area is 163 Å². The van der Waals surface area contributed by atoms with E-state index in [-0.39, 0.29) is 10.9 Å². The normalized spacial score (nSPS) is 16.4. The first-order valence-electron chi connectivity index (χ1n) is 8.72. The first-order valence-corrected chi connectivity index (χ1v) is 10.6. The summed E-state index contributed by atoms with van der Waals surface area (Å²) in [6.07, 6.45) is 3.74. The summed E-state index contributed by atoms with van der Waals surface area (Å²) in [4.78, 5) is 0.172. The number of nitrogens with zero attached hydrogens (tertiary/aromatic N) is 2. The predicted molar refractivity (Wildman–Crippen MR) is 105 cm³/mol. The van der Waals surface area contributed by atoms with Gasteiger partial charge >= 0.3 is 0 Å². The van der Waals surface area contributed by atoms with E-state index in [0.717, 1.165) is 16.6 Å². The lowest BCUT2D eigenvalue weighted by Gasteiger charge is -2.23. The number of benzene rings is 2. The molecule has 1 atom stereocenters. The van der Waals surface area contributed by atoms with Gasteiger partial charge in [0.25, 0.3) is 0 Å². The Bertz CT molecular complexity index is 1160. The van der Waals surface area contributed by atoms with Crippen LogP contribution in [0.5, 0.6) is 0 Å². The average Bonchev–Trinajstić information content (AvgIpc) is 2.99. The largest absolute Gasteiger partial charge is 0.346 e. The summed E-state index contributed by atoms with van der Waals surface area (Å²) in [5, 5.41) is 10.5. The van der Waals surface area contributed by atoms with Gasteiger partial charge in [-0.3, -0.25) is 0 Å². The van der Waals surface area contributed by atoms with Gasteiger partial charge in [0.1, 0.15) is 0 Å². The van der Waals surface area contributed by atoms with Crippen molar-refractivity contribution in [2.45, 2.75) is 36.7 Å². The van der Waals surface area contributed by atoms with Crippen LogP contribution in [0.4, 0.5) is 0 Å². The molecule has 1 N–H and O–H groups in total. The minimum atomic E-state index is -3.65. The summed E-state index contributed by atoms with van der Waals surface area (Å²) in [5.74, 6) is 0. The number of aromatic nitrogens is 1. The molecule has 1 aromatic heterocycles. The van der Waals surface area contributed by atoms with E-state index in [0.29, 0.717) is 30.8 Å². The molecule has 3 aromatic rings. The molecule has 0 saturated carbocycles. The summed E-state index contributed by atoms with van der Waals surface area (Å²) in [6.45, 7) is 0.634. The van der Waals surface area contributed by atoms with Crippen molar-refractivity contribution in [3.8, 4) is 6.07 Å². The third-order valence-electron chi connectivity index (χ3n) is 4.90. The average molecular weight is 400 g/mol. The van der Waals surface area contributed by atoms with Gasteiger partial charge in [-0.15, -0.1) is 0 Å². The van der Waals surface area contributed by atoms with Crippen molar-refractivity contribution in [3.63, 3.8) is 0 Å². The number of nitriles is 1. The second-order valence-electron chi connectivity index (χ2n) is 6.75. The zero-order valence-electron chi connectivity index (χ0n) is 14.5. The molecule has 7 heteroatoms. The topological polar surface area (TPSA) is 74.9 Å². The lowest BCUT2D eigenvalue weighted by molar-refractivity contribution is 0.540. The Morgan fingerprint density at radius 1 is 1.19 bits per heavy atom. The van der Waals surface area contributed by atoms with Crippen LogP contribution in [-0.4, -0.2) is 19.0 Å². The fourth-order valence-corrected chi connectivity index (χ4v) is 5.34. The van der Waals surface area contributed by atoms with Crippen LogP contribution in [-0.2, 0) is 29.4 Å². The molecule has 27 heavy (non-hydrogen) atoms. The highest BCUT2D eigenvalue weighted by atomic mass is 35.5. The molecule has 0 fully saturated rings. The van der Waals surface area contributed by atoms with Crippen molar-refractivity contribution in [2.24, 2.45) is 0 Å². The summed E-state index contributed by atoms with van der Waals surface area (Å²) in [6, 6.07) is 14.3. The number of halogens is 1. The van der Waals surface area contributed by atoms with Crippen molar-refractivity contribution in [1.82, 2.24) is 9.29 Å². The molecule has 4 rings (SSSR count). The zero-order valence-corrected chi connectivity index (χ0v) is 16.1. The van der Waals surface area contributed by atoms with Crippen molar-refractivity contribution < 1.29 is 8.42 Å². The quantitative estimate of drug-likeness (QED) is 0.711. The monoisotopic (exact) mass is 399 g/mol. The molecule has 0 saturated heterocycles. The van der Waals surface area contributed by atoms with Crippen LogP contribution in [0.1, 0.15) is 17.5 Å². The molecule has 0 bridgehead atoms. The minimum Gasteiger partial charge on any atom is -0.346 e. The van der Waals surface area contributed by atoms with Crippen molar-refractivity contribution in [3.05, 3.63) is 64.8 Å². The van der Waals surface area contributed by atoms with Crippen LogP contribution in [0.2, 0.25) is 5.02 Å². The van der Waals surface area contributed by atoms with E-state index in [2.05, 4.69) is 21.4 Å². The third kappa shape index (κ3) is 3.46. The van der Waals surface area contributed by atoms with E-state index in [1.165, 1.54) is 11.5 Å². The van der Waals surface area contributed by atoms with Crippen molar-refractivity contribution in [1.29, 1.82) is 5.26 Å². The highest BCUT2D eigenvalue weighted by Gasteiger charge is 2.27. The van der Waals surface area contributed by atoms with Gasteiger partial charge in [0.05, 0.1) is 17.4 Å². The smallest absolute Gasteiger partial charge is 0.240 e. The Balaban J connectivity index is 1.63. The summed E-state index contributed by atoms with van der Waals surface area (Å²) in [5.41, 5.74) is 3.35. The Morgan fingerprint density at radius 3 is 2.74 bits per heavy atom. The molecule has 1 heterocycles. The molecule has 2 aromatic carbocycles. The van der Waals surface area contributed by atoms with E-state index in [1.807, 2.05) is 18.3 Å². The van der Waals surface area contributed by atoms with Gasteiger partial charge in [0.2, 0.25) is 10.0 Å². The highest BCUT2D eigenvalue weighted by Crippen LogP contribution is 2.32. The maximum atomic E-state index is 12.7. The van der Waals surface area contributed by atoms with Crippen LogP contribution in [0.3, 0.4) is 0 Å². The molecule has 1 unspecified atom stereocenters. The molecular formula is C20H18ClN3O2S. The van der Waals surface area contributed by atoms with Crippen LogP contribution in [0, 0.1) is 11.3 Å². The molecule has 0 amide bonds. The number of hydrogen-bond acceptors (Lipinski definition) is 3. The van der Waals surface area contributed by atoms with E-state index in [1.54, 1.807) is 18.2 Å². The Hall–Kier alpha value is -2.33. The molecule has 1 aliphatic carbocycles. The standard InChI is InChI=1S/C20H18ClN3O2S/c21-16-5-2-6-18(12-16)27(25,26)23-17-10-14-4-1-7-19-20(14)15(11-17)13-24(19)9-3-8-22/h1-2,4-7,12-13,17,23H,3,9-11H2. The molecule has 0 aliphatic heterocycles. The van der Waals surface area contributed by atoms with E-state index >= 15 is 0 Å². The fraction of sp³-hybridized carbons (Fsp3) is 0.250. The number of sulfonamides is 1. The minimum absolute atomic E-state index is 0.172. The lowest BCUT2D eigenvalue weighted by atomic mass is 9.90. The molecule has 5 nitrogen and oxygen atoms in total. The lowest BCUT2D eigenvalue weighted by Crippen LogP contribution is -2.39. The van der Waals surface area contributed by atoms with Gasteiger partial charge in [-0.1, -0.05) is 29.8 Å². The van der Waals surface area contributed by atoms with Gasteiger partial charge in [0.15, 0.2) is 0 Å². The maximum absolute atomic E-state index is 12.7. The Kier molecular flexibility index (Phi) is 4.68. The molecular weight excluding hydrogens is 382 g/mol. The van der Waals surface area contributed by atoms with Crippen LogP contribution < -0.4 is 4.72 Å². The van der Waals surface area contributed by atoms with E-state index in [9.17, 15) is 8.42 Å². The van der Waals surface area contributed by atoms with Crippen molar-refractivity contribution in [2.75, 3.05) is 0 Å². The van der Waals surface area contributed by atoms with Gasteiger partial charge in [-0.05, 0) is 48.2 Å². The van der Waals surface area contributed by atoms with Gasteiger partial charge in [-0.25, -0.2) is 13.1 Å². The molecule has 0 radical (unpaired) electrons. The number of aryl methyl sites for hydroxylation is 1. The SMILES string of the molecule is N#CCCn1cc2c3c(cccc31)CC(NS(=O)(=O)c1cccc(Cl)c1)C2. The predicted octanol–water partition coefficient (Wildman–Crippen LogP) is 3.65. The number of hydrogen-bond donors (Lipinski definition) is 1. The zero-order chi connectivity index (χ0) is 19.0. The first kappa shape index (κ1) is 18.1.